The molecule has 0 amide bonds. The fraction of sp³-hybridized carbons (Fsp3) is 0.125. The molecule has 0 aromatic heterocycles. The van der Waals surface area contributed by atoms with E-state index in [0.29, 0.717) is 0 Å². The van der Waals surface area contributed by atoms with Gasteiger partial charge in [0.15, 0.2) is 0 Å². The molecule has 1 aromatic carbocycles. The number of anilines is 1. The molecule has 0 bridgehead atoms. The fourth-order valence-electron chi connectivity index (χ4n) is 0.765. The average Bonchev–Trinajstić information content (AvgIpc) is 2.03. The van der Waals surface area contributed by atoms with Gasteiger partial charge in [-0.15, -0.1) is 0 Å². The molecule has 0 aliphatic rings. The second kappa shape index (κ2) is 4.02. The summed E-state index contributed by atoms with van der Waals surface area (Å²) >= 11 is -0.133. The minimum absolute atomic E-state index is 0.133. The SMILES string of the molecule is Cc1ccccc1N[Se]C#N. The number of rotatable bonds is 2. The summed E-state index contributed by atoms with van der Waals surface area (Å²) in [5, 5.41) is 8.33. The van der Waals surface area contributed by atoms with Gasteiger partial charge < -0.3 is 0 Å². The number of para-hydroxylation sites is 1. The zero-order valence-corrected chi connectivity index (χ0v) is 7.88. The van der Waals surface area contributed by atoms with Gasteiger partial charge in [0.05, 0.1) is 0 Å². The number of benzene rings is 1. The first-order valence-corrected chi connectivity index (χ1v) is 4.92. The third-order valence-corrected chi connectivity index (χ3v) is 2.22. The molecule has 3 heteroatoms. The first-order valence-electron chi connectivity index (χ1n) is 3.21. The predicted molar refractivity (Wildman–Crippen MR) is 46.2 cm³/mol. The summed E-state index contributed by atoms with van der Waals surface area (Å²) in [6, 6.07) is 7.95. The Morgan fingerprint density at radius 3 is 2.82 bits per heavy atom. The molecule has 1 N–H and O–H groups in total. The van der Waals surface area contributed by atoms with E-state index in [-0.39, 0.29) is 15.2 Å². The van der Waals surface area contributed by atoms with E-state index < -0.39 is 0 Å². The average molecular weight is 211 g/mol. The number of hydrogen-bond donors (Lipinski definition) is 1. The van der Waals surface area contributed by atoms with Crippen LogP contribution in [0.1, 0.15) is 5.56 Å². The monoisotopic (exact) mass is 212 g/mol. The number of nitrogens with zero attached hydrogens (tertiary/aromatic N) is 1. The number of nitrogens with one attached hydrogen (secondary N) is 1. The number of aryl methyl sites for hydroxylation is 1. The van der Waals surface area contributed by atoms with Crippen molar-refractivity contribution in [3.05, 3.63) is 29.8 Å². The number of nitriles is 1. The van der Waals surface area contributed by atoms with E-state index in [4.69, 9.17) is 5.26 Å². The van der Waals surface area contributed by atoms with Crippen LogP contribution in [0.25, 0.3) is 0 Å². The first kappa shape index (κ1) is 8.13. The zero-order valence-electron chi connectivity index (χ0n) is 6.16. The Hall–Kier alpha value is -0.971. The molecule has 0 aliphatic carbocycles. The molecule has 0 saturated carbocycles. The van der Waals surface area contributed by atoms with Crippen LogP contribution in [-0.4, -0.2) is 15.2 Å². The summed E-state index contributed by atoms with van der Waals surface area (Å²) in [6.07, 6.45) is 0. The second-order valence-electron chi connectivity index (χ2n) is 2.11. The van der Waals surface area contributed by atoms with Gasteiger partial charge in [0, 0.05) is 0 Å². The summed E-state index contributed by atoms with van der Waals surface area (Å²) < 4.78 is 3.06. The van der Waals surface area contributed by atoms with Crippen LogP contribution in [0, 0.1) is 17.2 Å². The number of hydrogen-bond acceptors (Lipinski definition) is 2. The first-order chi connectivity index (χ1) is 5.34. The minimum atomic E-state index is -0.133. The van der Waals surface area contributed by atoms with Crippen molar-refractivity contribution in [1.29, 1.82) is 5.26 Å². The molecular weight excluding hydrogens is 203 g/mol. The van der Waals surface area contributed by atoms with Gasteiger partial charge in [-0.2, -0.15) is 0 Å². The normalized spacial score (nSPS) is 8.73. The predicted octanol–water partition coefficient (Wildman–Crippen LogP) is 1.51. The molecule has 56 valence electrons. The van der Waals surface area contributed by atoms with Crippen molar-refractivity contribution in [1.82, 2.24) is 0 Å². The summed E-state index contributed by atoms with van der Waals surface area (Å²) in [7, 11) is 0. The second-order valence-corrected chi connectivity index (χ2v) is 3.35. The summed E-state index contributed by atoms with van der Waals surface area (Å²) in [6.45, 7) is 2.02. The molecule has 0 heterocycles. The third kappa shape index (κ3) is 2.27. The molecule has 1 aromatic rings. The van der Waals surface area contributed by atoms with Crippen LogP contribution in [0.2, 0.25) is 0 Å². The maximum atomic E-state index is 8.33. The molecule has 0 saturated heterocycles. The Kier molecular flexibility index (Phi) is 2.97. The van der Waals surface area contributed by atoms with E-state index in [0.717, 1.165) is 5.69 Å². The van der Waals surface area contributed by atoms with E-state index in [1.807, 2.05) is 31.2 Å². The molecule has 0 atom stereocenters. The molecule has 11 heavy (non-hydrogen) atoms. The van der Waals surface area contributed by atoms with E-state index >= 15 is 0 Å². The van der Waals surface area contributed by atoms with Gasteiger partial charge in [0.25, 0.3) is 0 Å². The molecule has 0 unspecified atom stereocenters. The van der Waals surface area contributed by atoms with Crippen LogP contribution in [0.4, 0.5) is 5.69 Å². The molecule has 1 rings (SSSR count). The van der Waals surface area contributed by atoms with Crippen molar-refractivity contribution in [2.45, 2.75) is 6.92 Å². The van der Waals surface area contributed by atoms with Crippen LogP contribution in [0.5, 0.6) is 0 Å². The van der Waals surface area contributed by atoms with Crippen LogP contribution < -0.4 is 4.33 Å². The third-order valence-electron chi connectivity index (χ3n) is 1.35. The van der Waals surface area contributed by atoms with Crippen LogP contribution in [0.3, 0.4) is 0 Å². The fourth-order valence-corrected chi connectivity index (χ4v) is 1.57. The van der Waals surface area contributed by atoms with Gasteiger partial charge in [-0.25, -0.2) is 0 Å². The Labute approximate surface area is 72.6 Å². The van der Waals surface area contributed by atoms with Crippen molar-refractivity contribution in [2.75, 3.05) is 4.33 Å². The Balaban J connectivity index is 2.71. The maximum absolute atomic E-state index is 8.33. The van der Waals surface area contributed by atoms with Crippen molar-refractivity contribution in [3.8, 4) is 4.97 Å². The van der Waals surface area contributed by atoms with E-state index in [2.05, 4.69) is 9.30 Å². The molecule has 2 nitrogen and oxygen atoms in total. The van der Waals surface area contributed by atoms with Gasteiger partial charge in [-0.1, -0.05) is 0 Å². The van der Waals surface area contributed by atoms with Gasteiger partial charge in [-0.3, -0.25) is 0 Å². The van der Waals surface area contributed by atoms with E-state index in [1.165, 1.54) is 5.56 Å². The Morgan fingerprint density at radius 1 is 1.45 bits per heavy atom. The van der Waals surface area contributed by atoms with E-state index in [1.54, 1.807) is 0 Å². The topological polar surface area (TPSA) is 35.8 Å². The molecule has 0 aliphatic heterocycles. The van der Waals surface area contributed by atoms with Gasteiger partial charge >= 0.3 is 72.2 Å². The Bertz CT molecular complexity index is 278. The molecule has 0 radical (unpaired) electrons. The Morgan fingerprint density at radius 2 is 2.18 bits per heavy atom. The quantitative estimate of drug-likeness (QED) is 0.752. The van der Waals surface area contributed by atoms with Gasteiger partial charge in [-0.05, 0) is 0 Å². The van der Waals surface area contributed by atoms with Gasteiger partial charge in [0.2, 0.25) is 0 Å². The molecule has 0 spiro atoms. The van der Waals surface area contributed by atoms with Crippen molar-refractivity contribution >= 4 is 20.9 Å². The van der Waals surface area contributed by atoms with Crippen LogP contribution in [-0.2, 0) is 0 Å². The van der Waals surface area contributed by atoms with Crippen molar-refractivity contribution in [2.24, 2.45) is 0 Å². The summed E-state index contributed by atoms with van der Waals surface area (Å²) in [4.78, 5) is 2.09. The summed E-state index contributed by atoms with van der Waals surface area (Å²) in [5.41, 5.74) is 2.25. The van der Waals surface area contributed by atoms with Crippen molar-refractivity contribution < 1.29 is 0 Å². The van der Waals surface area contributed by atoms with E-state index in [9.17, 15) is 0 Å². The van der Waals surface area contributed by atoms with Gasteiger partial charge in [0.1, 0.15) is 0 Å². The zero-order chi connectivity index (χ0) is 8.10. The van der Waals surface area contributed by atoms with Crippen molar-refractivity contribution in [3.63, 3.8) is 0 Å². The van der Waals surface area contributed by atoms with Crippen LogP contribution in [0.15, 0.2) is 24.3 Å². The van der Waals surface area contributed by atoms with Crippen LogP contribution >= 0.6 is 0 Å². The summed E-state index contributed by atoms with van der Waals surface area (Å²) in [5.74, 6) is 0. The molecular formula is C8H8N2Se. The standard InChI is InChI=1S/C8H8N2Se/c1-7-4-2-3-5-8(7)10-11-6-9/h2-5,10H,1H3. The molecule has 0 fully saturated rings.